The van der Waals surface area contributed by atoms with Crippen LogP contribution >= 0.6 is 11.8 Å². The number of amides is 1. The van der Waals surface area contributed by atoms with Crippen molar-refractivity contribution in [3.63, 3.8) is 0 Å². The van der Waals surface area contributed by atoms with E-state index in [-0.39, 0.29) is 18.4 Å². The Morgan fingerprint density at radius 1 is 1.12 bits per heavy atom. The van der Waals surface area contributed by atoms with E-state index in [2.05, 4.69) is 9.88 Å². The lowest BCUT2D eigenvalue weighted by Crippen LogP contribution is -2.35. The molecule has 1 N–H and O–H groups in total. The number of likely N-dealkylation sites (tertiary alicyclic amines) is 2. The predicted molar refractivity (Wildman–Crippen MR) is 101 cm³/mol. The Morgan fingerprint density at radius 2 is 1.80 bits per heavy atom. The van der Waals surface area contributed by atoms with Crippen molar-refractivity contribution in [1.82, 2.24) is 14.8 Å². The zero-order valence-corrected chi connectivity index (χ0v) is 15.7. The fourth-order valence-electron chi connectivity index (χ4n) is 3.88. The standard InChI is InChI=1S/C19H29N3O2S/c23-14-17-13-22(19(24)15-25-18-5-7-20-8-6-18)12-16(17)11-21-9-3-1-2-4-10-21/h5-8,16-17,23H,1-4,9-15H2/t16-,17-/m0/s1. The third kappa shape index (κ3) is 5.43. The van der Waals surface area contributed by atoms with Crippen molar-refractivity contribution >= 4 is 17.7 Å². The number of carbonyl (C=O) groups excluding carboxylic acids is 1. The first-order valence-corrected chi connectivity index (χ1v) is 10.4. The van der Waals surface area contributed by atoms with Crippen LogP contribution in [0.15, 0.2) is 29.4 Å². The van der Waals surface area contributed by atoms with Crippen LogP contribution in [0.4, 0.5) is 0 Å². The summed E-state index contributed by atoms with van der Waals surface area (Å²) in [5, 5.41) is 9.76. The van der Waals surface area contributed by atoms with Crippen molar-refractivity contribution in [3.8, 4) is 0 Å². The van der Waals surface area contributed by atoms with Gasteiger partial charge in [0.15, 0.2) is 0 Å². The number of hydrogen-bond donors (Lipinski definition) is 1. The molecule has 138 valence electrons. The van der Waals surface area contributed by atoms with E-state index in [1.54, 1.807) is 24.2 Å². The molecule has 2 saturated heterocycles. The minimum Gasteiger partial charge on any atom is -0.396 e. The molecule has 2 atom stereocenters. The molecule has 0 bridgehead atoms. The number of thioether (sulfide) groups is 1. The summed E-state index contributed by atoms with van der Waals surface area (Å²) in [6.45, 7) is 5.02. The van der Waals surface area contributed by atoms with Gasteiger partial charge in [0.2, 0.25) is 5.91 Å². The third-order valence-electron chi connectivity index (χ3n) is 5.37. The van der Waals surface area contributed by atoms with Gasteiger partial charge in [-0.05, 0) is 44.0 Å². The molecule has 25 heavy (non-hydrogen) atoms. The lowest BCUT2D eigenvalue weighted by molar-refractivity contribution is -0.127. The number of rotatable bonds is 6. The Morgan fingerprint density at radius 3 is 2.48 bits per heavy atom. The molecule has 0 aliphatic carbocycles. The Kier molecular flexibility index (Phi) is 7.13. The van der Waals surface area contributed by atoms with Crippen molar-refractivity contribution in [1.29, 1.82) is 0 Å². The smallest absolute Gasteiger partial charge is 0.232 e. The molecule has 2 fully saturated rings. The largest absolute Gasteiger partial charge is 0.396 e. The van der Waals surface area contributed by atoms with Gasteiger partial charge >= 0.3 is 0 Å². The monoisotopic (exact) mass is 363 g/mol. The van der Waals surface area contributed by atoms with Crippen LogP contribution in [0, 0.1) is 11.8 Å². The maximum atomic E-state index is 12.6. The molecular weight excluding hydrogens is 334 g/mol. The summed E-state index contributed by atoms with van der Waals surface area (Å²) in [7, 11) is 0. The van der Waals surface area contributed by atoms with Crippen LogP contribution in [-0.2, 0) is 4.79 Å². The van der Waals surface area contributed by atoms with Crippen LogP contribution in [0.1, 0.15) is 25.7 Å². The minimum atomic E-state index is 0.179. The van der Waals surface area contributed by atoms with E-state index in [9.17, 15) is 9.90 Å². The van der Waals surface area contributed by atoms with Crippen LogP contribution in [0.25, 0.3) is 0 Å². The molecule has 0 unspecified atom stereocenters. The normalized spacial score (nSPS) is 25.1. The van der Waals surface area contributed by atoms with Gasteiger partial charge < -0.3 is 14.9 Å². The maximum Gasteiger partial charge on any atom is 0.232 e. The van der Waals surface area contributed by atoms with Crippen LogP contribution in [0.2, 0.25) is 0 Å². The summed E-state index contributed by atoms with van der Waals surface area (Å²) >= 11 is 1.56. The highest BCUT2D eigenvalue weighted by Crippen LogP contribution is 2.26. The predicted octanol–water partition coefficient (Wildman–Crippen LogP) is 2.12. The fourth-order valence-corrected chi connectivity index (χ4v) is 4.66. The summed E-state index contributed by atoms with van der Waals surface area (Å²) in [6, 6.07) is 3.86. The Labute approximate surface area is 154 Å². The highest BCUT2D eigenvalue weighted by atomic mass is 32.2. The fraction of sp³-hybridized carbons (Fsp3) is 0.684. The minimum absolute atomic E-state index is 0.179. The van der Waals surface area contributed by atoms with Crippen LogP contribution in [0.5, 0.6) is 0 Å². The molecule has 0 radical (unpaired) electrons. The summed E-state index contributed by atoms with van der Waals surface area (Å²) in [5.74, 6) is 1.26. The first-order valence-electron chi connectivity index (χ1n) is 9.40. The van der Waals surface area contributed by atoms with Crippen molar-refractivity contribution in [2.45, 2.75) is 30.6 Å². The van der Waals surface area contributed by atoms with Gasteiger partial charge in [0.05, 0.1) is 5.75 Å². The molecule has 1 aromatic heterocycles. The molecule has 3 heterocycles. The van der Waals surface area contributed by atoms with Crippen LogP contribution < -0.4 is 0 Å². The van der Waals surface area contributed by atoms with E-state index in [0.29, 0.717) is 18.2 Å². The SMILES string of the molecule is O=C(CSc1ccncc1)N1C[C@@H](CO)[C@@H](CN2CCCCCC2)C1. The Hall–Kier alpha value is -1.11. The second kappa shape index (κ2) is 9.55. The molecule has 6 heteroatoms. The first-order chi connectivity index (χ1) is 12.3. The molecule has 0 aromatic carbocycles. The lowest BCUT2D eigenvalue weighted by atomic mass is 9.96. The number of aromatic nitrogens is 1. The second-order valence-corrected chi connectivity index (χ2v) is 8.24. The molecule has 1 aromatic rings. The molecule has 0 spiro atoms. The number of aliphatic hydroxyl groups excluding tert-OH is 1. The van der Waals surface area contributed by atoms with Gasteiger partial charge in [-0.2, -0.15) is 0 Å². The number of aliphatic hydroxyl groups is 1. The van der Waals surface area contributed by atoms with Gasteiger partial charge in [-0.15, -0.1) is 11.8 Å². The highest BCUT2D eigenvalue weighted by Gasteiger charge is 2.35. The van der Waals surface area contributed by atoms with E-state index < -0.39 is 0 Å². The quantitative estimate of drug-likeness (QED) is 0.785. The van der Waals surface area contributed by atoms with Crippen LogP contribution in [0.3, 0.4) is 0 Å². The van der Waals surface area contributed by atoms with Gasteiger partial charge in [-0.3, -0.25) is 9.78 Å². The van der Waals surface area contributed by atoms with Gasteiger partial charge in [0.25, 0.3) is 0 Å². The van der Waals surface area contributed by atoms with Crippen LogP contribution in [-0.4, -0.2) is 70.9 Å². The summed E-state index contributed by atoms with van der Waals surface area (Å²) < 4.78 is 0. The van der Waals surface area contributed by atoms with E-state index >= 15 is 0 Å². The molecule has 0 saturated carbocycles. The second-order valence-electron chi connectivity index (χ2n) is 7.19. The highest BCUT2D eigenvalue weighted by molar-refractivity contribution is 8.00. The average Bonchev–Trinajstić information content (AvgIpc) is 2.87. The number of carbonyl (C=O) groups is 1. The number of pyridine rings is 1. The van der Waals surface area contributed by atoms with Gasteiger partial charge in [-0.1, -0.05) is 12.8 Å². The lowest BCUT2D eigenvalue weighted by Gasteiger charge is -2.26. The topological polar surface area (TPSA) is 56.7 Å². The molecule has 3 rings (SSSR count). The zero-order chi connectivity index (χ0) is 17.5. The molecule has 2 aliphatic rings. The van der Waals surface area contributed by atoms with Gasteiger partial charge in [-0.25, -0.2) is 0 Å². The van der Waals surface area contributed by atoms with Crippen molar-refractivity contribution in [2.75, 3.05) is 45.1 Å². The summed E-state index contributed by atoms with van der Waals surface area (Å²) in [6.07, 6.45) is 8.73. The van der Waals surface area contributed by atoms with Crippen molar-refractivity contribution < 1.29 is 9.90 Å². The number of nitrogens with zero attached hydrogens (tertiary/aromatic N) is 3. The first kappa shape index (κ1) is 18.7. The van der Waals surface area contributed by atoms with E-state index in [1.165, 1.54) is 38.8 Å². The molecule has 2 aliphatic heterocycles. The molecular formula is C19H29N3O2S. The van der Waals surface area contributed by atoms with Crippen molar-refractivity contribution in [3.05, 3.63) is 24.5 Å². The summed E-state index contributed by atoms with van der Waals surface area (Å²) in [4.78, 5) is 22.1. The van der Waals surface area contributed by atoms with Crippen molar-refractivity contribution in [2.24, 2.45) is 11.8 Å². The molecule has 5 nitrogen and oxygen atoms in total. The van der Waals surface area contributed by atoms with E-state index in [1.807, 2.05) is 17.0 Å². The molecule has 1 amide bonds. The zero-order valence-electron chi connectivity index (χ0n) is 14.8. The van der Waals surface area contributed by atoms with E-state index in [0.717, 1.165) is 18.0 Å². The number of hydrogen-bond acceptors (Lipinski definition) is 5. The Balaban J connectivity index is 1.50. The Bertz CT molecular complexity index is 535. The average molecular weight is 364 g/mol. The summed E-state index contributed by atoms with van der Waals surface area (Å²) in [5.41, 5.74) is 0. The third-order valence-corrected chi connectivity index (χ3v) is 6.36. The van der Waals surface area contributed by atoms with Gasteiger partial charge in [0.1, 0.15) is 0 Å². The maximum absolute atomic E-state index is 12.6. The van der Waals surface area contributed by atoms with E-state index in [4.69, 9.17) is 0 Å². The van der Waals surface area contributed by atoms with Gasteiger partial charge in [0, 0.05) is 49.4 Å².